The second kappa shape index (κ2) is 6.24. The molecule has 0 aromatic rings. The average molecular weight is 245 g/mol. The predicted molar refractivity (Wildman–Crippen MR) is 69.0 cm³/mol. The van der Waals surface area contributed by atoms with E-state index in [4.69, 9.17) is 4.74 Å². The van der Waals surface area contributed by atoms with E-state index >= 15 is 0 Å². The Hall–Kier alpha value is -0.770. The fourth-order valence-corrected chi connectivity index (χ4v) is 1.46. The van der Waals surface area contributed by atoms with E-state index in [2.05, 4.69) is 12.2 Å². The molecule has 0 aromatic heterocycles. The summed E-state index contributed by atoms with van der Waals surface area (Å²) in [4.78, 5) is 11.7. The van der Waals surface area contributed by atoms with Crippen molar-refractivity contribution in [1.82, 2.24) is 5.32 Å². The standard InChI is InChI=1S/C13H27NO3/c1-7-8-9-13(6,10(2)15)14-11(16)17-12(3,4)5/h10,15H,7-9H2,1-6H3,(H,14,16)/t10?,13-/m1/s1. The Morgan fingerprint density at radius 3 is 2.24 bits per heavy atom. The van der Waals surface area contributed by atoms with Gasteiger partial charge in [0.1, 0.15) is 5.60 Å². The lowest BCUT2D eigenvalue weighted by Crippen LogP contribution is -2.54. The van der Waals surface area contributed by atoms with Gasteiger partial charge < -0.3 is 15.2 Å². The summed E-state index contributed by atoms with van der Waals surface area (Å²) in [5.41, 5.74) is -1.15. The fourth-order valence-electron chi connectivity index (χ4n) is 1.46. The zero-order valence-corrected chi connectivity index (χ0v) is 12.0. The highest BCUT2D eigenvalue weighted by Gasteiger charge is 2.32. The van der Waals surface area contributed by atoms with Gasteiger partial charge in [-0.15, -0.1) is 0 Å². The Bertz CT molecular complexity index is 246. The topological polar surface area (TPSA) is 58.6 Å². The number of carbonyl (C=O) groups is 1. The van der Waals surface area contributed by atoms with Gasteiger partial charge in [-0.05, 0) is 41.0 Å². The second-order valence-electron chi connectivity index (χ2n) is 5.82. The molecule has 0 aromatic carbocycles. The highest BCUT2D eigenvalue weighted by molar-refractivity contribution is 5.68. The monoisotopic (exact) mass is 245 g/mol. The van der Waals surface area contributed by atoms with Crippen molar-refractivity contribution >= 4 is 6.09 Å². The number of alkyl carbamates (subject to hydrolysis) is 1. The minimum atomic E-state index is -0.627. The number of hydrogen-bond donors (Lipinski definition) is 2. The molecule has 0 aliphatic carbocycles. The lowest BCUT2D eigenvalue weighted by molar-refractivity contribution is 0.0271. The molecule has 2 atom stereocenters. The molecule has 4 heteroatoms. The second-order valence-corrected chi connectivity index (χ2v) is 5.82. The Labute approximate surface area is 105 Å². The molecule has 4 nitrogen and oxygen atoms in total. The summed E-state index contributed by atoms with van der Waals surface area (Å²) in [5.74, 6) is 0. The van der Waals surface area contributed by atoms with Gasteiger partial charge in [0.25, 0.3) is 0 Å². The molecule has 0 aliphatic rings. The maximum Gasteiger partial charge on any atom is 0.408 e. The molecule has 0 saturated heterocycles. The molecule has 1 unspecified atom stereocenters. The Morgan fingerprint density at radius 1 is 1.35 bits per heavy atom. The normalized spacial score (nSPS) is 17.1. The third kappa shape index (κ3) is 6.51. The molecule has 0 radical (unpaired) electrons. The molecule has 0 fully saturated rings. The van der Waals surface area contributed by atoms with Gasteiger partial charge in [0.15, 0.2) is 0 Å². The van der Waals surface area contributed by atoms with Crippen LogP contribution in [-0.4, -0.2) is 28.4 Å². The van der Waals surface area contributed by atoms with Crippen LogP contribution in [0.4, 0.5) is 4.79 Å². The summed E-state index contributed by atoms with van der Waals surface area (Å²) in [6.07, 6.45) is 1.63. The number of carbonyl (C=O) groups excluding carboxylic acids is 1. The van der Waals surface area contributed by atoms with E-state index in [1.165, 1.54) is 0 Å². The number of rotatable bonds is 5. The van der Waals surface area contributed by atoms with E-state index in [1.807, 2.05) is 27.7 Å². The van der Waals surface area contributed by atoms with E-state index in [-0.39, 0.29) is 0 Å². The Morgan fingerprint density at radius 2 is 1.88 bits per heavy atom. The highest BCUT2D eigenvalue weighted by Crippen LogP contribution is 2.19. The molecule has 102 valence electrons. The minimum absolute atomic E-state index is 0.475. The number of hydrogen-bond acceptors (Lipinski definition) is 3. The number of unbranched alkanes of at least 4 members (excludes halogenated alkanes) is 1. The molecule has 0 aliphatic heterocycles. The van der Waals surface area contributed by atoms with Gasteiger partial charge in [-0.3, -0.25) is 0 Å². The zero-order valence-electron chi connectivity index (χ0n) is 12.0. The third-order valence-corrected chi connectivity index (χ3v) is 2.76. The van der Waals surface area contributed by atoms with E-state index in [0.29, 0.717) is 0 Å². The van der Waals surface area contributed by atoms with E-state index in [0.717, 1.165) is 19.3 Å². The molecule has 0 bridgehead atoms. The predicted octanol–water partition coefficient (Wildman–Crippen LogP) is 2.84. The van der Waals surface area contributed by atoms with Crippen LogP contribution in [0, 0.1) is 0 Å². The largest absolute Gasteiger partial charge is 0.444 e. The van der Waals surface area contributed by atoms with Crippen molar-refractivity contribution in [2.24, 2.45) is 0 Å². The van der Waals surface area contributed by atoms with Crippen LogP contribution in [-0.2, 0) is 4.74 Å². The van der Waals surface area contributed by atoms with Crippen molar-refractivity contribution < 1.29 is 14.6 Å². The zero-order chi connectivity index (χ0) is 13.7. The van der Waals surface area contributed by atoms with Gasteiger partial charge in [-0.2, -0.15) is 0 Å². The van der Waals surface area contributed by atoms with Crippen molar-refractivity contribution in [1.29, 1.82) is 0 Å². The number of aliphatic hydroxyl groups is 1. The van der Waals surface area contributed by atoms with Crippen molar-refractivity contribution in [2.45, 2.75) is 78.0 Å². The van der Waals surface area contributed by atoms with Crippen LogP contribution < -0.4 is 5.32 Å². The minimum Gasteiger partial charge on any atom is -0.444 e. The Balaban J connectivity index is 4.49. The Kier molecular flexibility index (Phi) is 5.96. The molecule has 17 heavy (non-hydrogen) atoms. The van der Waals surface area contributed by atoms with Crippen LogP contribution >= 0.6 is 0 Å². The lowest BCUT2D eigenvalue weighted by Gasteiger charge is -2.34. The van der Waals surface area contributed by atoms with Gasteiger partial charge in [0.2, 0.25) is 0 Å². The summed E-state index contributed by atoms with van der Waals surface area (Å²) in [7, 11) is 0. The molecule has 0 spiro atoms. The van der Waals surface area contributed by atoms with E-state index in [9.17, 15) is 9.90 Å². The number of nitrogens with one attached hydrogen (secondary N) is 1. The molecular weight excluding hydrogens is 218 g/mol. The smallest absolute Gasteiger partial charge is 0.408 e. The van der Waals surface area contributed by atoms with E-state index < -0.39 is 23.3 Å². The first-order valence-electron chi connectivity index (χ1n) is 6.30. The van der Waals surface area contributed by atoms with Crippen LogP contribution in [0.2, 0.25) is 0 Å². The van der Waals surface area contributed by atoms with Gasteiger partial charge in [-0.1, -0.05) is 19.8 Å². The van der Waals surface area contributed by atoms with Crippen LogP contribution in [0.25, 0.3) is 0 Å². The first-order valence-corrected chi connectivity index (χ1v) is 6.30. The summed E-state index contributed by atoms with van der Waals surface area (Å²) < 4.78 is 5.20. The van der Waals surface area contributed by atoms with E-state index in [1.54, 1.807) is 6.92 Å². The summed E-state index contributed by atoms with van der Waals surface area (Å²) in [5, 5.41) is 12.5. The summed E-state index contributed by atoms with van der Waals surface area (Å²) in [6, 6.07) is 0. The SMILES string of the molecule is CCCC[C@@](C)(NC(=O)OC(C)(C)C)C(C)O. The van der Waals surface area contributed by atoms with Crippen molar-refractivity contribution in [2.75, 3.05) is 0 Å². The maximum absolute atomic E-state index is 11.7. The quantitative estimate of drug-likeness (QED) is 0.783. The average Bonchev–Trinajstić information content (AvgIpc) is 2.11. The molecule has 0 saturated carbocycles. The molecule has 2 N–H and O–H groups in total. The molecule has 0 rings (SSSR count). The van der Waals surface area contributed by atoms with Gasteiger partial charge in [0, 0.05) is 0 Å². The summed E-state index contributed by atoms with van der Waals surface area (Å²) in [6.45, 7) is 11.1. The number of ether oxygens (including phenoxy) is 1. The number of amides is 1. The first-order chi connectivity index (χ1) is 7.60. The lowest BCUT2D eigenvalue weighted by atomic mass is 9.90. The molecular formula is C13H27NO3. The molecule has 1 amide bonds. The van der Waals surface area contributed by atoms with Crippen LogP contribution in [0.3, 0.4) is 0 Å². The molecule has 0 heterocycles. The van der Waals surface area contributed by atoms with Crippen LogP contribution in [0.1, 0.15) is 60.8 Å². The maximum atomic E-state index is 11.7. The van der Waals surface area contributed by atoms with Crippen molar-refractivity contribution in [3.63, 3.8) is 0 Å². The fraction of sp³-hybridized carbons (Fsp3) is 0.923. The van der Waals surface area contributed by atoms with Gasteiger partial charge in [-0.25, -0.2) is 4.79 Å². The van der Waals surface area contributed by atoms with Crippen LogP contribution in [0.5, 0.6) is 0 Å². The summed E-state index contributed by atoms with van der Waals surface area (Å²) >= 11 is 0. The van der Waals surface area contributed by atoms with Gasteiger partial charge in [0.05, 0.1) is 11.6 Å². The highest BCUT2D eigenvalue weighted by atomic mass is 16.6. The third-order valence-electron chi connectivity index (χ3n) is 2.76. The van der Waals surface area contributed by atoms with Crippen molar-refractivity contribution in [3.05, 3.63) is 0 Å². The first kappa shape index (κ1) is 16.2. The van der Waals surface area contributed by atoms with Crippen LogP contribution in [0.15, 0.2) is 0 Å². The van der Waals surface area contributed by atoms with Crippen molar-refractivity contribution in [3.8, 4) is 0 Å². The van der Waals surface area contributed by atoms with Gasteiger partial charge >= 0.3 is 6.09 Å². The number of aliphatic hydroxyl groups excluding tert-OH is 1.